The number of hydrogen-bond acceptors (Lipinski definition) is 5. The maximum Gasteiger partial charge on any atom is 0.222 e. The lowest BCUT2D eigenvalue weighted by atomic mass is 9.96. The fraction of sp³-hybridized carbons (Fsp3) is 0.182. The molecule has 0 saturated carbocycles. The van der Waals surface area contributed by atoms with Gasteiger partial charge in [-0.05, 0) is 52.9 Å². The minimum Gasteiger partial charge on any atom is -0.383 e. The van der Waals surface area contributed by atoms with E-state index < -0.39 is 0 Å². The Morgan fingerprint density at radius 1 is 0.926 bits per heavy atom. The zero-order valence-corrected chi connectivity index (χ0v) is 15.0. The van der Waals surface area contributed by atoms with Crippen molar-refractivity contribution in [1.29, 1.82) is 0 Å². The highest BCUT2D eigenvalue weighted by molar-refractivity contribution is 5.96. The summed E-state index contributed by atoms with van der Waals surface area (Å²) >= 11 is 0. The molecule has 0 atom stereocenters. The number of fused-ring (bicyclic) bond motifs is 4. The van der Waals surface area contributed by atoms with Crippen LogP contribution >= 0.6 is 0 Å². The van der Waals surface area contributed by atoms with Gasteiger partial charge in [-0.3, -0.25) is 0 Å². The Bertz CT molecular complexity index is 1170. The average molecular weight is 355 g/mol. The molecule has 3 aromatic carbocycles. The van der Waals surface area contributed by atoms with Gasteiger partial charge < -0.3 is 16.4 Å². The molecule has 0 amide bonds. The molecule has 0 radical (unpaired) electrons. The van der Waals surface area contributed by atoms with Crippen molar-refractivity contribution in [1.82, 2.24) is 9.97 Å². The van der Waals surface area contributed by atoms with Crippen LogP contribution in [0.4, 0.5) is 17.5 Å². The molecule has 5 nitrogen and oxygen atoms in total. The standard InChI is InChI=1S/C22H21N5/c23-21-20-17-6-3-11-27(19(17)10-9-18(20)25-22(24)26-21)13-14-7-8-15-4-1-2-5-16(15)12-14/h1-2,4-5,7-10,12H,3,6,11,13H2,(H4,23,24,25,26). The summed E-state index contributed by atoms with van der Waals surface area (Å²) in [6.07, 6.45) is 2.07. The molecule has 0 unspecified atom stereocenters. The van der Waals surface area contributed by atoms with Gasteiger partial charge in [0, 0.05) is 24.2 Å². The second-order valence-electron chi connectivity index (χ2n) is 7.13. The second-order valence-corrected chi connectivity index (χ2v) is 7.13. The number of aryl methyl sites for hydroxylation is 1. The molecule has 2 heterocycles. The van der Waals surface area contributed by atoms with Crippen molar-refractivity contribution in [3.8, 4) is 0 Å². The number of nitrogen functional groups attached to an aromatic ring is 2. The van der Waals surface area contributed by atoms with Gasteiger partial charge in [0.15, 0.2) is 0 Å². The molecule has 0 fully saturated rings. The van der Waals surface area contributed by atoms with Crippen molar-refractivity contribution in [3.63, 3.8) is 0 Å². The number of benzene rings is 3. The molecule has 4 N–H and O–H groups in total. The van der Waals surface area contributed by atoms with Gasteiger partial charge in [-0.15, -0.1) is 0 Å². The summed E-state index contributed by atoms with van der Waals surface area (Å²) in [5, 5.41) is 3.50. The zero-order chi connectivity index (χ0) is 18.4. The Morgan fingerprint density at radius 3 is 2.67 bits per heavy atom. The van der Waals surface area contributed by atoms with E-state index in [1.54, 1.807) is 0 Å². The molecule has 4 aromatic rings. The first-order valence-electron chi connectivity index (χ1n) is 9.26. The lowest BCUT2D eigenvalue weighted by Gasteiger charge is -2.32. The molecule has 1 aliphatic heterocycles. The first-order chi connectivity index (χ1) is 13.2. The largest absolute Gasteiger partial charge is 0.383 e. The molecule has 1 aromatic heterocycles. The van der Waals surface area contributed by atoms with Crippen LogP contribution in [0, 0.1) is 0 Å². The number of nitrogens with two attached hydrogens (primary N) is 2. The minimum atomic E-state index is 0.226. The van der Waals surface area contributed by atoms with Crippen LogP contribution in [-0.2, 0) is 13.0 Å². The average Bonchev–Trinajstić information content (AvgIpc) is 2.67. The van der Waals surface area contributed by atoms with Crippen molar-refractivity contribution >= 4 is 39.1 Å². The molecule has 0 saturated heterocycles. The van der Waals surface area contributed by atoms with Crippen molar-refractivity contribution in [3.05, 3.63) is 65.7 Å². The smallest absolute Gasteiger partial charge is 0.222 e. The third-order valence-electron chi connectivity index (χ3n) is 5.38. The van der Waals surface area contributed by atoms with E-state index in [0.29, 0.717) is 5.82 Å². The van der Waals surface area contributed by atoms with Crippen LogP contribution in [0.1, 0.15) is 17.5 Å². The van der Waals surface area contributed by atoms with Crippen LogP contribution in [0.3, 0.4) is 0 Å². The molecule has 5 heteroatoms. The molecule has 27 heavy (non-hydrogen) atoms. The molecule has 134 valence electrons. The Kier molecular flexibility index (Phi) is 3.60. The minimum absolute atomic E-state index is 0.226. The summed E-state index contributed by atoms with van der Waals surface area (Å²) in [5.74, 6) is 0.700. The molecular weight excluding hydrogens is 334 g/mol. The predicted molar refractivity (Wildman–Crippen MR) is 112 cm³/mol. The van der Waals surface area contributed by atoms with Crippen LogP contribution in [-0.4, -0.2) is 16.5 Å². The van der Waals surface area contributed by atoms with E-state index in [2.05, 4.69) is 63.4 Å². The highest BCUT2D eigenvalue weighted by Gasteiger charge is 2.21. The third kappa shape index (κ3) is 2.72. The van der Waals surface area contributed by atoms with Gasteiger partial charge in [0.05, 0.1) is 5.52 Å². The van der Waals surface area contributed by atoms with E-state index in [4.69, 9.17) is 11.5 Å². The third-order valence-corrected chi connectivity index (χ3v) is 5.38. The van der Waals surface area contributed by atoms with Gasteiger partial charge in [0.25, 0.3) is 0 Å². The number of rotatable bonds is 2. The van der Waals surface area contributed by atoms with Gasteiger partial charge in [-0.25, -0.2) is 4.98 Å². The number of hydrogen-bond donors (Lipinski definition) is 2. The van der Waals surface area contributed by atoms with Crippen molar-refractivity contribution in [2.45, 2.75) is 19.4 Å². The monoisotopic (exact) mass is 355 g/mol. The summed E-state index contributed by atoms with van der Waals surface area (Å²) in [4.78, 5) is 11.0. The van der Waals surface area contributed by atoms with Gasteiger partial charge in [-0.1, -0.05) is 36.4 Å². The van der Waals surface area contributed by atoms with Gasteiger partial charge >= 0.3 is 0 Å². The maximum atomic E-state index is 6.19. The maximum absolute atomic E-state index is 6.19. The normalized spacial score (nSPS) is 13.9. The molecule has 1 aliphatic rings. The fourth-order valence-corrected chi connectivity index (χ4v) is 4.17. The van der Waals surface area contributed by atoms with Crippen molar-refractivity contribution in [2.24, 2.45) is 0 Å². The first kappa shape index (κ1) is 15.9. The van der Waals surface area contributed by atoms with Gasteiger partial charge in [0.2, 0.25) is 5.95 Å². The Balaban J connectivity index is 1.56. The number of anilines is 3. The van der Waals surface area contributed by atoms with E-state index in [1.807, 2.05) is 6.07 Å². The van der Waals surface area contributed by atoms with E-state index >= 15 is 0 Å². The first-order valence-corrected chi connectivity index (χ1v) is 9.26. The molecule has 0 bridgehead atoms. The summed E-state index contributed by atoms with van der Waals surface area (Å²) in [6.45, 7) is 1.90. The van der Waals surface area contributed by atoms with Crippen LogP contribution < -0.4 is 16.4 Å². The van der Waals surface area contributed by atoms with E-state index in [9.17, 15) is 0 Å². The number of nitrogens with zero attached hydrogens (tertiary/aromatic N) is 3. The van der Waals surface area contributed by atoms with Crippen LogP contribution in [0.5, 0.6) is 0 Å². The zero-order valence-electron chi connectivity index (χ0n) is 15.0. The van der Waals surface area contributed by atoms with E-state index in [0.717, 1.165) is 36.8 Å². The van der Waals surface area contributed by atoms with E-state index in [1.165, 1.54) is 27.6 Å². The summed E-state index contributed by atoms with van der Waals surface area (Å²) < 4.78 is 0. The Labute approximate surface area is 157 Å². The van der Waals surface area contributed by atoms with Gasteiger partial charge in [0.1, 0.15) is 5.82 Å². The highest BCUT2D eigenvalue weighted by atomic mass is 15.1. The lowest BCUT2D eigenvalue weighted by Crippen LogP contribution is -2.29. The summed E-state index contributed by atoms with van der Waals surface area (Å²) in [6, 6.07) is 19.3. The number of aromatic nitrogens is 2. The van der Waals surface area contributed by atoms with E-state index in [-0.39, 0.29) is 5.95 Å². The molecular formula is C22H21N5. The SMILES string of the molecule is Nc1nc(N)c2c3c(ccc2n1)N(Cc1ccc2ccccc2c1)CCC3. The van der Waals surface area contributed by atoms with Gasteiger partial charge in [-0.2, -0.15) is 4.98 Å². The fourth-order valence-electron chi connectivity index (χ4n) is 4.17. The molecule has 0 aliphatic carbocycles. The quantitative estimate of drug-likeness (QED) is 0.570. The summed E-state index contributed by atoms with van der Waals surface area (Å²) in [5.41, 5.74) is 16.5. The topological polar surface area (TPSA) is 81.1 Å². The van der Waals surface area contributed by atoms with Crippen LogP contribution in [0.15, 0.2) is 54.6 Å². The van der Waals surface area contributed by atoms with Crippen LogP contribution in [0.25, 0.3) is 21.7 Å². The predicted octanol–water partition coefficient (Wildman–Crippen LogP) is 3.90. The Hall–Kier alpha value is -3.34. The second kappa shape index (κ2) is 6.13. The van der Waals surface area contributed by atoms with Crippen molar-refractivity contribution < 1.29 is 0 Å². The van der Waals surface area contributed by atoms with Crippen LogP contribution in [0.2, 0.25) is 0 Å². The molecule has 0 spiro atoms. The summed E-state index contributed by atoms with van der Waals surface area (Å²) in [7, 11) is 0. The molecule has 5 rings (SSSR count). The lowest BCUT2D eigenvalue weighted by molar-refractivity contribution is 0.695. The highest BCUT2D eigenvalue weighted by Crippen LogP contribution is 2.36. The van der Waals surface area contributed by atoms with Crippen molar-refractivity contribution in [2.75, 3.05) is 22.9 Å². The Morgan fingerprint density at radius 2 is 1.78 bits per heavy atom.